The number of imidazole rings is 1. The molecule has 0 N–H and O–H groups in total. The fourth-order valence-corrected chi connectivity index (χ4v) is 1.78. The first-order valence-corrected chi connectivity index (χ1v) is 6.09. The second kappa shape index (κ2) is 5.12. The third-order valence-corrected chi connectivity index (χ3v) is 2.97. The van der Waals surface area contributed by atoms with Crippen molar-refractivity contribution in [3.8, 4) is 17.3 Å². The van der Waals surface area contributed by atoms with Gasteiger partial charge in [-0.2, -0.15) is 4.98 Å². The molecule has 3 aromatic rings. The minimum atomic E-state index is -0.0649. The number of methoxy groups -OCH3 is 1. The van der Waals surface area contributed by atoms with E-state index in [1.165, 1.54) is 0 Å². The normalized spacial score (nSPS) is 12.3. The van der Waals surface area contributed by atoms with Crippen molar-refractivity contribution in [3.05, 3.63) is 42.9 Å². The molecule has 3 aromatic heterocycles. The lowest BCUT2D eigenvalue weighted by atomic mass is 10.2. The van der Waals surface area contributed by atoms with E-state index in [4.69, 9.17) is 9.26 Å². The van der Waals surface area contributed by atoms with Crippen LogP contribution in [0.4, 0.5) is 0 Å². The minimum absolute atomic E-state index is 0.0649. The molecular formula is C13H13N5O2. The number of aromatic nitrogens is 5. The van der Waals surface area contributed by atoms with Crippen LogP contribution < -0.4 is 4.74 Å². The standard InChI is InChI=1S/C13H13N5O2/c1-9(18-6-5-14-8-18)13-16-12(17-20-13)10-3-4-11(19-2)15-7-10/h3-9H,1-2H3/t9-/m1/s1. The van der Waals surface area contributed by atoms with Gasteiger partial charge in [-0.25, -0.2) is 9.97 Å². The highest BCUT2D eigenvalue weighted by Crippen LogP contribution is 2.21. The largest absolute Gasteiger partial charge is 0.481 e. The predicted molar refractivity (Wildman–Crippen MR) is 70.1 cm³/mol. The van der Waals surface area contributed by atoms with Gasteiger partial charge >= 0.3 is 0 Å². The molecule has 1 atom stereocenters. The Morgan fingerprint density at radius 1 is 1.35 bits per heavy atom. The molecule has 3 heterocycles. The van der Waals surface area contributed by atoms with Gasteiger partial charge < -0.3 is 13.8 Å². The fourth-order valence-electron chi connectivity index (χ4n) is 1.78. The Balaban J connectivity index is 1.86. The second-order valence-corrected chi connectivity index (χ2v) is 4.23. The van der Waals surface area contributed by atoms with Gasteiger partial charge in [-0.3, -0.25) is 0 Å². The number of rotatable bonds is 4. The van der Waals surface area contributed by atoms with E-state index in [2.05, 4.69) is 20.1 Å². The van der Waals surface area contributed by atoms with Crippen LogP contribution in [0.25, 0.3) is 11.4 Å². The quantitative estimate of drug-likeness (QED) is 0.721. The summed E-state index contributed by atoms with van der Waals surface area (Å²) in [4.78, 5) is 12.5. The van der Waals surface area contributed by atoms with Crippen LogP contribution in [0.15, 0.2) is 41.6 Å². The lowest BCUT2D eigenvalue weighted by Gasteiger charge is -2.06. The molecule has 0 bridgehead atoms. The molecule has 0 unspecified atom stereocenters. The zero-order valence-electron chi connectivity index (χ0n) is 11.1. The number of nitrogens with zero attached hydrogens (tertiary/aromatic N) is 5. The maximum Gasteiger partial charge on any atom is 0.249 e. The second-order valence-electron chi connectivity index (χ2n) is 4.23. The van der Waals surface area contributed by atoms with Crippen LogP contribution in [0, 0.1) is 0 Å². The smallest absolute Gasteiger partial charge is 0.249 e. The van der Waals surface area contributed by atoms with Crippen molar-refractivity contribution in [2.24, 2.45) is 0 Å². The maximum atomic E-state index is 5.29. The van der Waals surface area contributed by atoms with Crippen molar-refractivity contribution in [2.75, 3.05) is 7.11 Å². The topological polar surface area (TPSA) is 78.9 Å². The summed E-state index contributed by atoms with van der Waals surface area (Å²) in [5.74, 6) is 1.57. The monoisotopic (exact) mass is 271 g/mol. The molecule has 0 radical (unpaired) electrons. The van der Waals surface area contributed by atoms with Gasteiger partial charge in [0, 0.05) is 30.2 Å². The summed E-state index contributed by atoms with van der Waals surface area (Å²) in [6.45, 7) is 1.96. The highest BCUT2D eigenvalue weighted by atomic mass is 16.5. The first-order valence-electron chi connectivity index (χ1n) is 6.09. The summed E-state index contributed by atoms with van der Waals surface area (Å²) < 4.78 is 12.2. The number of pyridine rings is 1. The molecule has 3 rings (SSSR count). The van der Waals surface area contributed by atoms with Crippen molar-refractivity contribution in [2.45, 2.75) is 13.0 Å². The van der Waals surface area contributed by atoms with Gasteiger partial charge in [-0.1, -0.05) is 5.16 Å². The van der Waals surface area contributed by atoms with Crippen LogP contribution in [-0.4, -0.2) is 31.8 Å². The van der Waals surface area contributed by atoms with Crippen molar-refractivity contribution < 1.29 is 9.26 Å². The Morgan fingerprint density at radius 3 is 2.90 bits per heavy atom. The molecule has 0 aromatic carbocycles. The molecule has 0 saturated heterocycles. The Bertz CT molecular complexity index is 675. The Hall–Kier alpha value is -2.70. The average Bonchev–Trinajstić information content (AvgIpc) is 3.18. The SMILES string of the molecule is COc1ccc(-c2noc([C@@H](C)n3ccnc3)n2)cn1. The van der Waals surface area contributed by atoms with Gasteiger partial charge in [0.05, 0.1) is 13.4 Å². The maximum absolute atomic E-state index is 5.29. The molecule has 0 fully saturated rings. The van der Waals surface area contributed by atoms with E-state index >= 15 is 0 Å². The van der Waals surface area contributed by atoms with Crippen LogP contribution in [-0.2, 0) is 0 Å². The van der Waals surface area contributed by atoms with Crippen molar-refractivity contribution in [1.29, 1.82) is 0 Å². The average molecular weight is 271 g/mol. The zero-order chi connectivity index (χ0) is 13.9. The van der Waals surface area contributed by atoms with Crippen molar-refractivity contribution >= 4 is 0 Å². The Kier molecular flexibility index (Phi) is 3.16. The van der Waals surface area contributed by atoms with Crippen molar-refractivity contribution in [3.63, 3.8) is 0 Å². The molecule has 7 heteroatoms. The Labute approximate surface area is 115 Å². The summed E-state index contributed by atoms with van der Waals surface area (Å²) in [5.41, 5.74) is 0.777. The van der Waals surface area contributed by atoms with Gasteiger partial charge in [0.25, 0.3) is 0 Å². The number of ether oxygens (including phenoxy) is 1. The first kappa shape index (κ1) is 12.3. The van der Waals surface area contributed by atoms with Crippen LogP contribution in [0.5, 0.6) is 5.88 Å². The lowest BCUT2D eigenvalue weighted by molar-refractivity contribution is 0.345. The van der Waals surface area contributed by atoms with E-state index in [-0.39, 0.29) is 6.04 Å². The van der Waals surface area contributed by atoms with E-state index in [9.17, 15) is 0 Å². The molecule has 0 saturated carbocycles. The van der Waals surface area contributed by atoms with Gasteiger partial charge in [0.2, 0.25) is 17.6 Å². The summed E-state index contributed by atoms with van der Waals surface area (Å²) in [6, 6.07) is 3.53. The van der Waals surface area contributed by atoms with Crippen molar-refractivity contribution in [1.82, 2.24) is 24.7 Å². The summed E-state index contributed by atoms with van der Waals surface area (Å²) in [6.07, 6.45) is 6.92. The molecule has 0 amide bonds. The van der Waals surface area contributed by atoms with Crippen LogP contribution in [0.1, 0.15) is 18.9 Å². The third-order valence-electron chi connectivity index (χ3n) is 2.97. The van der Waals surface area contributed by atoms with Crippen LogP contribution in [0.2, 0.25) is 0 Å². The first-order chi connectivity index (χ1) is 9.78. The fraction of sp³-hybridized carbons (Fsp3) is 0.231. The summed E-state index contributed by atoms with van der Waals surface area (Å²) >= 11 is 0. The molecule has 7 nitrogen and oxygen atoms in total. The number of hydrogen-bond acceptors (Lipinski definition) is 6. The zero-order valence-corrected chi connectivity index (χ0v) is 11.1. The summed E-state index contributed by atoms with van der Waals surface area (Å²) in [5, 5.41) is 3.97. The molecule has 0 aliphatic heterocycles. The van der Waals surface area contributed by atoms with E-state index in [0.717, 1.165) is 5.56 Å². The third kappa shape index (κ3) is 2.25. The predicted octanol–water partition coefficient (Wildman–Crippen LogP) is 1.95. The molecule has 20 heavy (non-hydrogen) atoms. The Morgan fingerprint density at radius 2 is 2.25 bits per heavy atom. The van der Waals surface area contributed by atoms with Gasteiger partial charge in [-0.05, 0) is 13.0 Å². The molecular weight excluding hydrogens is 258 g/mol. The van der Waals surface area contributed by atoms with Crippen LogP contribution in [0.3, 0.4) is 0 Å². The highest BCUT2D eigenvalue weighted by Gasteiger charge is 2.16. The van der Waals surface area contributed by atoms with Crippen LogP contribution >= 0.6 is 0 Å². The van der Waals surface area contributed by atoms with Gasteiger partial charge in [0.1, 0.15) is 6.04 Å². The van der Waals surface area contributed by atoms with E-state index in [1.54, 1.807) is 31.9 Å². The van der Waals surface area contributed by atoms with E-state index in [0.29, 0.717) is 17.6 Å². The molecule has 0 aliphatic carbocycles. The van der Waals surface area contributed by atoms with E-state index in [1.807, 2.05) is 23.8 Å². The van der Waals surface area contributed by atoms with E-state index < -0.39 is 0 Å². The number of hydrogen-bond donors (Lipinski definition) is 0. The molecule has 0 aliphatic rings. The summed E-state index contributed by atoms with van der Waals surface area (Å²) in [7, 11) is 1.57. The highest BCUT2D eigenvalue weighted by molar-refractivity contribution is 5.53. The van der Waals surface area contributed by atoms with Gasteiger partial charge in [-0.15, -0.1) is 0 Å². The molecule has 102 valence electrons. The lowest BCUT2D eigenvalue weighted by Crippen LogP contribution is -2.04. The van der Waals surface area contributed by atoms with Gasteiger partial charge in [0.15, 0.2) is 0 Å². The minimum Gasteiger partial charge on any atom is -0.481 e. The molecule has 0 spiro atoms.